The maximum absolute atomic E-state index is 5.92. The molecule has 0 bridgehead atoms. The Kier molecular flexibility index (Phi) is 5.78. The summed E-state index contributed by atoms with van der Waals surface area (Å²) in [6, 6.07) is 2.11. The highest BCUT2D eigenvalue weighted by molar-refractivity contribution is 5.42. The third-order valence-electron chi connectivity index (χ3n) is 4.11. The number of nitrogens with two attached hydrogens (primary N) is 1. The molecule has 118 valence electrons. The van der Waals surface area contributed by atoms with Crippen molar-refractivity contribution >= 4 is 0 Å². The van der Waals surface area contributed by atoms with Crippen molar-refractivity contribution in [3.8, 4) is 11.5 Å². The zero-order chi connectivity index (χ0) is 15.2. The number of pyridine rings is 1. The molecule has 1 aromatic rings. The van der Waals surface area contributed by atoms with E-state index in [1.54, 1.807) is 33.6 Å². The molecule has 6 heteroatoms. The van der Waals surface area contributed by atoms with Gasteiger partial charge >= 0.3 is 0 Å². The summed E-state index contributed by atoms with van der Waals surface area (Å²) in [5.74, 6) is 1.41. The summed E-state index contributed by atoms with van der Waals surface area (Å²) in [4.78, 5) is 6.79. The van der Waals surface area contributed by atoms with Crippen molar-refractivity contribution in [2.24, 2.45) is 5.73 Å². The molecule has 21 heavy (non-hydrogen) atoms. The van der Waals surface area contributed by atoms with Crippen LogP contribution in [0.25, 0.3) is 0 Å². The topological polar surface area (TPSA) is 69.8 Å². The van der Waals surface area contributed by atoms with Gasteiger partial charge in [-0.05, 0) is 12.8 Å². The second-order valence-electron chi connectivity index (χ2n) is 5.24. The van der Waals surface area contributed by atoms with E-state index in [2.05, 4.69) is 9.88 Å². The van der Waals surface area contributed by atoms with Crippen LogP contribution in [0.5, 0.6) is 11.5 Å². The summed E-state index contributed by atoms with van der Waals surface area (Å²) in [6.07, 6.45) is 4.02. The minimum atomic E-state index is 0.301. The number of ether oxygens (including phenoxy) is 3. The van der Waals surface area contributed by atoms with E-state index in [4.69, 9.17) is 19.9 Å². The number of hydrogen-bond acceptors (Lipinski definition) is 6. The molecule has 1 fully saturated rings. The lowest BCUT2D eigenvalue weighted by Gasteiger charge is -2.38. The average Bonchev–Trinajstić information content (AvgIpc) is 2.54. The molecule has 0 aliphatic carbocycles. The van der Waals surface area contributed by atoms with Crippen LogP contribution in [0.15, 0.2) is 12.3 Å². The van der Waals surface area contributed by atoms with E-state index in [1.807, 2.05) is 0 Å². The normalized spacial score (nSPS) is 23.0. The maximum atomic E-state index is 5.92. The molecule has 0 spiro atoms. The molecule has 0 aromatic carbocycles. The lowest BCUT2D eigenvalue weighted by Crippen LogP contribution is -2.48. The van der Waals surface area contributed by atoms with Crippen LogP contribution in [0.2, 0.25) is 0 Å². The molecule has 6 nitrogen and oxygen atoms in total. The second kappa shape index (κ2) is 7.59. The van der Waals surface area contributed by atoms with Crippen molar-refractivity contribution in [3.63, 3.8) is 0 Å². The molecule has 2 unspecified atom stereocenters. The largest absolute Gasteiger partial charge is 0.493 e. The highest BCUT2D eigenvalue weighted by Gasteiger charge is 2.28. The molecular weight excluding hydrogens is 270 g/mol. The molecular formula is C15H25N3O3. The van der Waals surface area contributed by atoms with Gasteiger partial charge in [-0.2, -0.15) is 0 Å². The first kappa shape index (κ1) is 16.0. The Bertz CT molecular complexity index is 456. The molecule has 1 aromatic heterocycles. The number of piperidine rings is 1. The minimum Gasteiger partial charge on any atom is -0.493 e. The predicted molar refractivity (Wildman–Crippen MR) is 80.6 cm³/mol. The van der Waals surface area contributed by atoms with E-state index in [0.717, 1.165) is 25.1 Å². The Morgan fingerprint density at radius 1 is 1.33 bits per heavy atom. The van der Waals surface area contributed by atoms with E-state index >= 15 is 0 Å². The molecule has 2 atom stereocenters. The fourth-order valence-corrected chi connectivity index (χ4v) is 2.89. The van der Waals surface area contributed by atoms with E-state index < -0.39 is 0 Å². The molecule has 1 aliphatic heterocycles. The molecule has 0 amide bonds. The number of methoxy groups -OCH3 is 3. The van der Waals surface area contributed by atoms with Crippen LogP contribution < -0.4 is 15.2 Å². The molecule has 1 saturated heterocycles. The lowest BCUT2D eigenvalue weighted by molar-refractivity contribution is 0.00950. The van der Waals surface area contributed by atoms with Gasteiger partial charge in [0, 0.05) is 45.0 Å². The third-order valence-corrected chi connectivity index (χ3v) is 4.11. The summed E-state index contributed by atoms with van der Waals surface area (Å²) in [6.45, 7) is 2.27. The van der Waals surface area contributed by atoms with Gasteiger partial charge in [-0.3, -0.25) is 9.88 Å². The quantitative estimate of drug-likeness (QED) is 0.845. The first-order chi connectivity index (χ1) is 10.2. The van der Waals surface area contributed by atoms with Gasteiger partial charge in [0.15, 0.2) is 11.5 Å². The molecule has 1 aliphatic rings. The highest BCUT2D eigenvalue weighted by atomic mass is 16.5. The summed E-state index contributed by atoms with van der Waals surface area (Å²) >= 11 is 0. The second-order valence-corrected chi connectivity index (χ2v) is 5.24. The molecule has 2 rings (SSSR count). The van der Waals surface area contributed by atoms with Crippen LogP contribution in [0.3, 0.4) is 0 Å². The van der Waals surface area contributed by atoms with Crippen molar-refractivity contribution in [2.45, 2.75) is 31.5 Å². The van der Waals surface area contributed by atoms with Gasteiger partial charge in [0.25, 0.3) is 0 Å². The van der Waals surface area contributed by atoms with E-state index in [1.165, 1.54) is 0 Å². The zero-order valence-electron chi connectivity index (χ0n) is 13.0. The van der Waals surface area contributed by atoms with E-state index in [9.17, 15) is 0 Å². The van der Waals surface area contributed by atoms with Crippen LogP contribution in [0.1, 0.15) is 18.5 Å². The zero-order valence-corrected chi connectivity index (χ0v) is 13.0. The smallest absolute Gasteiger partial charge is 0.183 e. The van der Waals surface area contributed by atoms with Gasteiger partial charge in [0.2, 0.25) is 0 Å². The summed E-state index contributed by atoms with van der Waals surface area (Å²) in [5, 5.41) is 0. The molecule has 2 N–H and O–H groups in total. The molecule has 0 saturated carbocycles. The fraction of sp³-hybridized carbons (Fsp3) is 0.667. The minimum absolute atomic E-state index is 0.301. The Morgan fingerprint density at radius 2 is 2.14 bits per heavy atom. The monoisotopic (exact) mass is 295 g/mol. The maximum Gasteiger partial charge on any atom is 0.183 e. The molecule has 2 heterocycles. The van der Waals surface area contributed by atoms with Gasteiger partial charge in [0.05, 0.1) is 20.3 Å². The Labute approximate surface area is 126 Å². The Balaban J connectivity index is 2.14. The number of rotatable bonds is 6. The Morgan fingerprint density at radius 3 is 2.76 bits per heavy atom. The summed E-state index contributed by atoms with van der Waals surface area (Å²) in [5.41, 5.74) is 6.80. The fourth-order valence-electron chi connectivity index (χ4n) is 2.89. The predicted octanol–water partition coefficient (Wildman–Crippen LogP) is 1.04. The standard InChI is InChI=1S/C15H25N3O3/c1-19-12-5-7-18(11(8-12)9-16)10-13-15(21-3)14(20-2)4-6-17-13/h4,6,11-12H,5,7-10,16H2,1-3H3. The summed E-state index contributed by atoms with van der Waals surface area (Å²) in [7, 11) is 5.04. The van der Waals surface area contributed by atoms with Crippen LogP contribution in [0.4, 0.5) is 0 Å². The van der Waals surface area contributed by atoms with Crippen molar-refractivity contribution in [2.75, 3.05) is 34.4 Å². The van der Waals surface area contributed by atoms with Crippen LogP contribution in [-0.2, 0) is 11.3 Å². The lowest BCUT2D eigenvalue weighted by atomic mass is 9.99. The van der Waals surface area contributed by atoms with Gasteiger partial charge in [0.1, 0.15) is 5.69 Å². The van der Waals surface area contributed by atoms with Crippen molar-refractivity contribution < 1.29 is 14.2 Å². The Hall–Kier alpha value is -1.37. The van der Waals surface area contributed by atoms with Gasteiger partial charge in [-0.1, -0.05) is 0 Å². The van der Waals surface area contributed by atoms with Crippen molar-refractivity contribution in [3.05, 3.63) is 18.0 Å². The van der Waals surface area contributed by atoms with E-state index in [0.29, 0.717) is 36.7 Å². The van der Waals surface area contributed by atoms with Crippen LogP contribution in [0, 0.1) is 0 Å². The van der Waals surface area contributed by atoms with E-state index in [-0.39, 0.29) is 0 Å². The first-order valence-electron chi connectivity index (χ1n) is 7.26. The van der Waals surface area contributed by atoms with Gasteiger partial charge in [-0.15, -0.1) is 0 Å². The average molecular weight is 295 g/mol. The SMILES string of the molecule is COc1ccnc(CN2CCC(OC)CC2CN)c1OC. The summed E-state index contributed by atoms with van der Waals surface area (Å²) < 4.78 is 16.2. The van der Waals surface area contributed by atoms with Crippen LogP contribution in [-0.4, -0.2) is 56.4 Å². The number of hydrogen-bond donors (Lipinski definition) is 1. The number of likely N-dealkylation sites (tertiary alicyclic amines) is 1. The number of aromatic nitrogens is 1. The first-order valence-corrected chi connectivity index (χ1v) is 7.26. The van der Waals surface area contributed by atoms with Gasteiger partial charge in [-0.25, -0.2) is 0 Å². The highest BCUT2D eigenvalue weighted by Crippen LogP contribution is 2.31. The van der Waals surface area contributed by atoms with Gasteiger partial charge < -0.3 is 19.9 Å². The third kappa shape index (κ3) is 3.64. The molecule has 0 radical (unpaired) electrons. The van der Waals surface area contributed by atoms with Crippen molar-refractivity contribution in [1.29, 1.82) is 0 Å². The number of nitrogens with zero attached hydrogens (tertiary/aromatic N) is 2. The van der Waals surface area contributed by atoms with Crippen LogP contribution >= 0.6 is 0 Å². The van der Waals surface area contributed by atoms with Crippen molar-refractivity contribution in [1.82, 2.24) is 9.88 Å².